The van der Waals surface area contributed by atoms with Gasteiger partial charge in [0.15, 0.2) is 0 Å². The van der Waals surface area contributed by atoms with Crippen LogP contribution in [0.5, 0.6) is 0 Å². The predicted octanol–water partition coefficient (Wildman–Crippen LogP) is -0.587. The Morgan fingerprint density at radius 3 is 2.29 bits per heavy atom. The highest BCUT2D eigenvalue weighted by Crippen LogP contribution is 2.32. The van der Waals surface area contributed by atoms with Gasteiger partial charge in [-0.05, 0) is 6.42 Å². The number of ether oxygens (including phenoxy) is 4. The molecule has 0 aromatic carbocycles. The van der Waals surface area contributed by atoms with Crippen molar-refractivity contribution in [2.24, 2.45) is 0 Å². The lowest BCUT2D eigenvalue weighted by Gasteiger charge is -2.32. The van der Waals surface area contributed by atoms with Gasteiger partial charge in [-0.3, -0.25) is 0 Å². The fraction of sp³-hybridized carbons (Fsp3) is 1.00. The molecule has 0 aromatic heterocycles. The summed E-state index contributed by atoms with van der Waals surface area (Å²) in [6, 6.07) is 0.199. The second kappa shape index (κ2) is 5.12. The van der Waals surface area contributed by atoms with Crippen LogP contribution in [-0.2, 0) is 18.9 Å². The summed E-state index contributed by atoms with van der Waals surface area (Å²) in [5, 5.41) is 0. The van der Waals surface area contributed by atoms with Crippen LogP contribution in [0.1, 0.15) is 6.42 Å². The summed E-state index contributed by atoms with van der Waals surface area (Å²) >= 11 is 0. The maximum atomic E-state index is 5.86. The normalized spacial score (nSPS) is 30.8. The predicted molar refractivity (Wildman–Crippen MR) is 55.3 cm³/mol. The summed E-state index contributed by atoms with van der Waals surface area (Å²) < 4.78 is 21.6. The Balaban J connectivity index is 2.72. The van der Waals surface area contributed by atoms with Crippen molar-refractivity contribution >= 4 is 7.85 Å². The quantitative estimate of drug-likeness (QED) is 0.558. The highest BCUT2D eigenvalue weighted by Gasteiger charge is 2.47. The van der Waals surface area contributed by atoms with Gasteiger partial charge in [-0.25, -0.2) is 0 Å². The van der Waals surface area contributed by atoms with Crippen LogP contribution < -0.4 is 0 Å². The second-order valence-corrected chi connectivity index (χ2v) is 3.82. The average Bonchev–Trinajstić information content (AvgIpc) is 2.43. The molecule has 0 bridgehead atoms. The first kappa shape index (κ1) is 12.0. The monoisotopic (exact) mass is 202 g/mol. The van der Waals surface area contributed by atoms with Gasteiger partial charge in [-0.1, -0.05) is 0 Å². The van der Waals surface area contributed by atoms with Crippen molar-refractivity contribution in [1.29, 1.82) is 0 Å². The SMILES string of the molecule is B[C@H]1C[C@H](OC)C(COC)(COC)O1. The average molecular weight is 202 g/mol. The maximum Gasteiger partial charge on any atom is 0.140 e. The van der Waals surface area contributed by atoms with Gasteiger partial charge < -0.3 is 18.9 Å². The van der Waals surface area contributed by atoms with E-state index in [1.54, 1.807) is 21.3 Å². The minimum absolute atomic E-state index is 0.0531. The van der Waals surface area contributed by atoms with Gasteiger partial charge in [-0.15, -0.1) is 0 Å². The van der Waals surface area contributed by atoms with Crippen molar-refractivity contribution in [2.45, 2.75) is 24.1 Å². The topological polar surface area (TPSA) is 36.9 Å². The van der Waals surface area contributed by atoms with Crippen molar-refractivity contribution < 1.29 is 18.9 Å². The number of rotatable bonds is 5. The van der Waals surface area contributed by atoms with E-state index in [9.17, 15) is 0 Å². The van der Waals surface area contributed by atoms with Crippen LogP contribution in [-0.4, -0.2) is 60.1 Å². The largest absolute Gasteiger partial charge is 0.381 e. The molecule has 5 heteroatoms. The number of hydrogen-bond acceptors (Lipinski definition) is 4. The van der Waals surface area contributed by atoms with Gasteiger partial charge in [0.2, 0.25) is 0 Å². The Bertz CT molecular complexity index is 170. The maximum absolute atomic E-state index is 5.86. The number of hydrogen-bond donors (Lipinski definition) is 0. The fourth-order valence-corrected chi connectivity index (χ4v) is 2.14. The van der Waals surface area contributed by atoms with Crippen molar-refractivity contribution in [2.75, 3.05) is 34.5 Å². The smallest absolute Gasteiger partial charge is 0.140 e. The molecule has 4 nitrogen and oxygen atoms in total. The molecule has 82 valence electrons. The summed E-state index contributed by atoms with van der Waals surface area (Å²) in [7, 11) is 7.07. The Kier molecular flexibility index (Phi) is 4.38. The first-order valence-electron chi connectivity index (χ1n) is 4.87. The molecule has 1 aliphatic rings. The summed E-state index contributed by atoms with van der Waals surface area (Å²) in [6.07, 6.45) is 0.945. The van der Waals surface area contributed by atoms with Crippen LogP contribution >= 0.6 is 0 Å². The molecule has 0 aromatic rings. The fourth-order valence-electron chi connectivity index (χ4n) is 2.14. The highest BCUT2D eigenvalue weighted by molar-refractivity contribution is 6.11. The minimum Gasteiger partial charge on any atom is -0.381 e. The lowest BCUT2D eigenvalue weighted by atomic mass is 9.92. The molecule has 1 rings (SSSR count). The first-order chi connectivity index (χ1) is 6.68. The van der Waals surface area contributed by atoms with Crippen LogP contribution in [0.3, 0.4) is 0 Å². The van der Waals surface area contributed by atoms with E-state index in [4.69, 9.17) is 18.9 Å². The van der Waals surface area contributed by atoms with E-state index in [1.807, 2.05) is 7.85 Å². The first-order valence-corrected chi connectivity index (χ1v) is 4.87. The molecule has 0 aliphatic carbocycles. The molecule has 0 N–H and O–H groups in total. The number of methoxy groups -OCH3 is 3. The van der Waals surface area contributed by atoms with Gasteiger partial charge in [0.1, 0.15) is 13.4 Å². The Morgan fingerprint density at radius 1 is 1.29 bits per heavy atom. The standard InChI is InChI=1S/C9H19BO4/c1-11-5-9(6-12-2)7(13-3)4-8(10)14-9/h7-8H,4-6,10H2,1-3H3/t7-,8+/m0/s1. The van der Waals surface area contributed by atoms with E-state index in [-0.39, 0.29) is 12.1 Å². The van der Waals surface area contributed by atoms with E-state index < -0.39 is 5.60 Å². The Labute approximate surface area is 86.3 Å². The Morgan fingerprint density at radius 2 is 1.86 bits per heavy atom. The highest BCUT2D eigenvalue weighted by atomic mass is 16.6. The van der Waals surface area contributed by atoms with Crippen molar-refractivity contribution in [3.63, 3.8) is 0 Å². The van der Waals surface area contributed by atoms with Gasteiger partial charge in [0.05, 0.1) is 19.3 Å². The van der Waals surface area contributed by atoms with E-state index in [0.29, 0.717) is 13.2 Å². The zero-order chi connectivity index (χ0) is 10.6. The summed E-state index contributed by atoms with van der Waals surface area (Å²) in [4.78, 5) is 0. The molecular formula is C9H19BO4. The van der Waals surface area contributed by atoms with Crippen LogP contribution in [0, 0.1) is 0 Å². The minimum atomic E-state index is -0.433. The summed E-state index contributed by atoms with van der Waals surface area (Å²) in [5.74, 6) is 0. The third kappa shape index (κ3) is 2.28. The van der Waals surface area contributed by atoms with Crippen molar-refractivity contribution in [3.8, 4) is 0 Å². The van der Waals surface area contributed by atoms with E-state index in [1.165, 1.54) is 0 Å². The molecular weight excluding hydrogens is 183 g/mol. The lowest BCUT2D eigenvalue weighted by molar-refractivity contribution is -0.145. The van der Waals surface area contributed by atoms with Crippen LogP contribution in [0.15, 0.2) is 0 Å². The van der Waals surface area contributed by atoms with Gasteiger partial charge in [-0.2, -0.15) is 0 Å². The zero-order valence-electron chi connectivity index (χ0n) is 9.41. The van der Waals surface area contributed by atoms with E-state index in [0.717, 1.165) is 6.42 Å². The third-order valence-corrected chi connectivity index (χ3v) is 2.63. The van der Waals surface area contributed by atoms with Crippen molar-refractivity contribution in [3.05, 3.63) is 0 Å². The van der Waals surface area contributed by atoms with E-state index >= 15 is 0 Å². The molecule has 0 saturated carbocycles. The molecule has 2 atom stereocenters. The molecule has 0 unspecified atom stereocenters. The van der Waals surface area contributed by atoms with Crippen LogP contribution in [0.4, 0.5) is 0 Å². The zero-order valence-corrected chi connectivity index (χ0v) is 9.41. The van der Waals surface area contributed by atoms with Gasteiger partial charge in [0.25, 0.3) is 0 Å². The summed E-state index contributed by atoms with van der Waals surface area (Å²) in [5.41, 5.74) is -0.433. The molecule has 1 aliphatic heterocycles. The lowest BCUT2D eigenvalue weighted by Crippen LogP contribution is -2.48. The molecule has 0 radical (unpaired) electrons. The third-order valence-electron chi connectivity index (χ3n) is 2.63. The molecule has 0 amide bonds. The Hall–Kier alpha value is -0.0951. The van der Waals surface area contributed by atoms with Gasteiger partial charge >= 0.3 is 0 Å². The molecule has 0 spiro atoms. The second-order valence-electron chi connectivity index (χ2n) is 3.82. The van der Waals surface area contributed by atoms with Crippen LogP contribution in [0.2, 0.25) is 0 Å². The van der Waals surface area contributed by atoms with Crippen LogP contribution in [0.25, 0.3) is 0 Å². The molecule has 1 saturated heterocycles. The molecule has 1 heterocycles. The van der Waals surface area contributed by atoms with Crippen molar-refractivity contribution in [1.82, 2.24) is 0 Å². The van der Waals surface area contributed by atoms with Gasteiger partial charge in [0, 0.05) is 27.3 Å². The van der Waals surface area contributed by atoms with E-state index in [2.05, 4.69) is 0 Å². The summed E-state index contributed by atoms with van der Waals surface area (Å²) in [6.45, 7) is 1.01. The molecule has 14 heavy (non-hydrogen) atoms. The molecule has 1 fully saturated rings.